The van der Waals surface area contributed by atoms with Crippen molar-refractivity contribution in [1.82, 2.24) is 9.55 Å². The lowest BCUT2D eigenvalue weighted by Gasteiger charge is -2.08. The lowest BCUT2D eigenvalue weighted by atomic mass is 10.2. The van der Waals surface area contributed by atoms with Crippen molar-refractivity contribution in [3.8, 4) is 0 Å². The van der Waals surface area contributed by atoms with E-state index >= 15 is 0 Å². The van der Waals surface area contributed by atoms with Gasteiger partial charge < -0.3 is 4.57 Å². The summed E-state index contributed by atoms with van der Waals surface area (Å²) >= 11 is 3.43. The molecule has 1 aromatic heterocycles. The van der Waals surface area contributed by atoms with Gasteiger partial charge in [-0.1, -0.05) is 29.3 Å². The predicted octanol–water partition coefficient (Wildman–Crippen LogP) is 3.28. The number of fused-ring (bicyclic) bond motifs is 1. The fourth-order valence-corrected chi connectivity index (χ4v) is 3.18. The number of anilines is 1. The second-order valence-electron chi connectivity index (χ2n) is 4.86. The maximum absolute atomic E-state index is 11.5. The molecule has 110 valence electrons. The predicted molar refractivity (Wildman–Crippen MR) is 85.5 cm³/mol. The fraction of sp³-hybridized carbons (Fsp3) is 0.462. The number of rotatable bonds is 5. The molecule has 0 atom stereocenters. The number of aryl methyl sites for hydroxylation is 2. The highest BCUT2D eigenvalue weighted by Crippen LogP contribution is 2.29. The summed E-state index contributed by atoms with van der Waals surface area (Å²) in [4.78, 5) is 4.51. The highest BCUT2D eigenvalue weighted by atomic mass is 79.9. The molecule has 1 aromatic carbocycles. The molecule has 0 aliphatic rings. The van der Waals surface area contributed by atoms with E-state index in [0.717, 1.165) is 41.5 Å². The Labute approximate surface area is 127 Å². The van der Waals surface area contributed by atoms with Crippen LogP contribution in [0.5, 0.6) is 0 Å². The van der Waals surface area contributed by atoms with E-state index in [-0.39, 0.29) is 0 Å². The van der Waals surface area contributed by atoms with Gasteiger partial charge in [0, 0.05) is 11.0 Å². The van der Waals surface area contributed by atoms with E-state index in [0.29, 0.717) is 11.2 Å². The Kier molecular flexibility index (Phi) is 4.39. The Morgan fingerprint density at radius 3 is 2.70 bits per heavy atom. The van der Waals surface area contributed by atoms with E-state index in [4.69, 9.17) is 0 Å². The van der Waals surface area contributed by atoms with Crippen LogP contribution >= 0.6 is 15.9 Å². The van der Waals surface area contributed by atoms with Gasteiger partial charge in [0.2, 0.25) is 10.0 Å². The summed E-state index contributed by atoms with van der Waals surface area (Å²) in [5.74, 6) is 0.892. The molecule has 2 rings (SSSR count). The minimum absolute atomic E-state index is 0.509. The molecule has 5 nitrogen and oxygen atoms in total. The van der Waals surface area contributed by atoms with Crippen LogP contribution < -0.4 is 4.72 Å². The summed E-state index contributed by atoms with van der Waals surface area (Å²) in [6.45, 7) is 4.96. The number of hydrogen-bond acceptors (Lipinski definition) is 3. The summed E-state index contributed by atoms with van der Waals surface area (Å²) in [6.07, 6.45) is 3.30. The smallest absolute Gasteiger partial charge is 0.229 e. The standard InChI is InChI=1S/C13H18BrN3O2S/c1-4-5-6-17-9(2)15-13-11(16-20(3,18)19)7-10(14)8-12(13)17/h7-8,16H,4-6H2,1-3H3. The summed E-state index contributed by atoms with van der Waals surface area (Å²) in [5.41, 5.74) is 2.14. The Hall–Kier alpha value is -1.08. The molecule has 1 heterocycles. The van der Waals surface area contributed by atoms with Crippen molar-refractivity contribution in [2.45, 2.75) is 33.2 Å². The van der Waals surface area contributed by atoms with Crippen LogP contribution in [0.2, 0.25) is 0 Å². The Bertz CT molecular complexity index is 738. The highest BCUT2D eigenvalue weighted by molar-refractivity contribution is 9.10. The third-order valence-corrected chi connectivity index (χ3v) is 4.09. The second-order valence-corrected chi connectivity index (χ2v) is 7.52. The topological polar surface area (TPSA) is 64.0 Å². The van der Waals surface area contributed by atoms with Crippen molar-refractivity contribution in [2.24, 2.45) is 0 Å². The van der Waals surface area contributed by atoms with Gasteiger partial charge in [0.25, 0.3) is 0 Å². The largest absolute Gasteiger partial charge is 0.328 e. The van der Waals surface area contributed by atoms with Crippen LogP contribution in [0.25, 0.3) is 11.0 Å². The van der Waals surface area contributed by atoms with E-state index in [2.05, 4.69) is 37.1 Å². The molecule has 20 heavy (non-hydrogen) atoms. The number of unbranched alkanes of at least 4 members (excludes halogenated alkanes) is 1. The van der Waals surface area contributed by atoms with Crippen LogP contribution in [0.3, 0.4) is 0 Å². The van der Waals surface area contributed by atoms with Gasteiger partial charge in [-0.25, -0.2) is 13.4 Å². The van der Waals surface area contributed by atoms with Gasteiger partial charge in [-0.05, 0) is 25.5 Å². The summed E-state index contributed by atoms with van der Waals surface area (Å²) in [7, 11) is -3.33. The van der Waals surface area contributed by atoms with E-state index in [1.54, 1.807) is 6.07 Å². The number of nitrogens with one attached hydrogen (secondary N) is 1. The first-order chi connectivity index (χ1) is 9.31. The van der Waals surface area contributed by atoms with Gasteiger partial charge >= 0.3 is 0 Å². The first kappa shape index (κ1) is 15.3. The zero-order chi connectivity index (χ0) is 14.9. The van der Waals surface area contributed by atoms with Crippen LogP contribution in [0.4, 0.5) is 5.69 Å². The van der Waals surface area contributed by atoms with Gasteiger partial charge in [0.15, 0.2) is 0 Å². The first-order valence-electron chi connectivity index (χ1n) is 6.46. The molecule has 0 saturated heterocycles. The van der Waals surface area contributed by atoms with Crippen molar-refractivity contribution in [2.75, 3.05) is 11.0 Å². The van der Waals surface area contributed by atoms with Gasteiger partial charge in [-0.3, -0.25) is 4.72 Å². The quantitative estimate of drug-likeness (QED) is 0.890. The van der Waals surface area contributed by atoms with E-state index in [1.807, 2.05) is 13.0 Å². The van der Waals surface area contributed by atoms with Gasteiger partial charge in [-0.2, -0.15) is 0 Å². The summed E-state index contributed by atoms with van der Waals surface area (Å²) in [6, 6.07) is 3.71. The van der Waals surface area contributed by atoms with E-state index in [1.165, 1.54) is 0 Å². The average Bonchev–Trinajstić information content (AvgIpc) is 2.61. The molecule has 0 radical (unpaired) electrons. The molecule has 7 heteroatoms. The zero-order valence-corrected chi connectivity index (χ0v) is 14.2. The van der Waals surface area contributed by atoms with Crippen molar-refractivity contribution >= 4 is 42.7 Å². The maximum atomic E-state index is 11.5. The Morgan fingerprint density at radius 1 is 1.40 bits per heavy atom. The Balaban J connectivity index is 2.60. The van der Waals surface area contributed by atoms with Gasteiger partial charge in [0.05, 0.1) is 17.5 Å². The van der Waals surface area contributed by atoms with Crippen LogP contribution in [0.1, 0.15) is 25.6 Å². The summed E-state index contributed by atoms with van der Waals surface area (Å²) in [5, 5.41) is 0. The normalized spacial score (nSPS) is 12.0. The number of hydrogen-bond donors (Lipinski definition) is 1. The van der Waals surface area contributed by atoms with Gasteiger partial charge in [-0.15, -0.1) is 0 Å². The van der Waals surface area contributed by atoms with Gasteiger partial charge in [0.1, 0.15) is 11.3 Å². The molecule has 0 bridgehead atoms. The number of nitrogens with zero attached hydrogens (tertiary/aromatic N) is 2. The molecule has 0 saturated carbocycles. The lowest BCUT2D eigenvalue weighted by molar-refractivity contribution is 0.607. The highest BCUT2D eigenvalue weighted by Gasteiger charge is 2.14. The fourth-order valence-electron chi connectivity index (χ4n) is 2.18. The molecular weight excluding hydrogens is 342 g/mol. The monoisotopic (exact) mass is 359 g/mol. The van der Waals surface area contributed by atoms with Crippen molar-refractivity contribution in [3.63, 3.8) is 0 Å². The molecule has 2 aromatic rings. The van der Waals surface area contributed by atoms with Crippen LogP contribution in [-0.4, -0.2) is 24.2 Å². The number of sulfonamides is 1. The molecule has 1 N–H and O–H groups in total. The molecule has 0 aliphatic heterocycles. The molecule has 0 aliphatic carbocycles. The summed E-state index contributed by atoms with van der Waals surface area (Å²) < 4.78 is 28.4. The van der Waals surface area contributed by atoms with E-state index < -0.39 is 10.0 Å². The van der Waals surface area contributed by atoms with Crippen molar-refractivity contribution in [3.05, 3.63) is 22.4 Å². The lowest BCUT2D eigenvalue weighted by Crippen LogP contribution is -2.10. The van der Waals surface area contributed by atoms with Crippen LogP contribution in [0.15, 0.2) is 16.6 Å². The molecule has 0 fully saturated rings. The molecule has 0 amide bonds. The average molecular weight is 360 g/mol. The second kappa shape index (κ2) is 5.73. The van der Waals surface area contributed by atoms with E-state index in [9.17, 15) is 8.42 Å². The first-order valence-corrected chi connectivity index (χ1v) is 9.14. The van der Waals surface area contributed by atoms with Crippen molar-refractivity contribution in [1.29, 1.82) is 0 Å². The third-order valence-electron chi connectivity index (χ3n) is 3.04. The van der Waals surface area contributed by atoms with Crippen LogP contribution in [-0.2, 0) is 16.6 Å². The minimum atomic E-state index is -3.33. The van der Waals surface area contributed by atoms with Crippen molar-refractivity contribution < 1.29 is 8.42 Å². The minimum Gasteiger partial charge on any atom is -0.328 e. The third kappa shape index (κ3) is 3.32. The maximum Gasteiger partial charge on any atom is 0.229 e. The number of halogens is 1. The molecular formula is C13H18BrN3O2S. The number of imidazole rings is 1. The Morgan fingerprint density at radius 2 is 2.10 bits per heavy atom. The van der Waals surface area contributed by atoms with Crippen LogP contribution in [0, 0.1) is 6.92 Å². The zero-order valence-electron chi connectivity index (χ0n) is 11.8. The number of aromatic nitrogens is 2. The number of benzene rings is 1. The molecule has 0 spiro atoms. The SMILES string of the molecule is CCCCn1c(C)nc2c(NS(C)(=O)=O)cc(Br)cc21. The molecule has 0 unspecified atom stereocenters.